The number of benzene rings is 2. The van der Waals surface area contributed by atoms with Crippen molar-refractivity contribution in [2.45, 2.75) is 23.9 Å². The summed E-state index contributed by atoms with van der Waals surface area (Å²) in [4.78, 5) is 16.7. The van der Waals surface area contributed by atoms with E-state index in [1.807, 2.05) is 24.3 Å². The molecule has 0 fully saturated rings. The number of carbonyl (C=O) groups excluding carboxylic acids is 1. The van der Waals surface area contributed by atoms with Crippen LogP contribution in [-0.4, -0.2) is 20.7 Å². The Hall–Kier alpha value is -2.84. The van der Waals surface area contributed by atoms with Crippen molar-refractivity contribution >= 4 is 35.2 Å². The van der Waals surface area contributed by atoms with Gasteiger partial charge in [-0.15, -0.1) is 5.10 Å². The Morgan fingerprint density at radius 3 is 2.83 bits per heavy atom. The SMILES string of the molecule is CC1=C(C(N)=O)[C@H](c2cccc(F)c2)n2nc(SCc3ccccc3Cl)nc2N1. The highest BCUT2D eigenvalue weighted by Crippen LogP contribution is 2.36. The predicted molar refractivity (Wildman–Crippen MR) is 111 cm³/mol. The van der Waals surface area contributed by atoms with Crippen molar-refractivity contribution in [3.8, 4) is 0 Å². The summed E-state index contributed by atoms with van der Waals surface area (Å²) in [6, 6.07) is 12.9. The van der Waals surface area contributed by atoms with Crippen molar-refractivity contribution in [1.29, 1.82) is 0 Å². The summed E-state index contributed by atoms with van der Waals surface area (Å²) < 4.78 is 15.4. The molecule has 0 spiro atoms. The zero-order valence-corrected chi connectivity index (χ0v) is 17.0. The van der Waals surface area contributed by atoms with E-state index >= 15 is 0 Å². The minimum atomic E-state index is -0.665. The molecule has 0 saturated heterocycles. The third kappa shape index (κ3) is 3.86. The van der Waals surface area contributed by atoms with Gasteiger partial charge in [-0.05, 0) is 36.2 Å². The first-order chi connectivity index (χ1) is 13.9. The average molecular weight is 430 g/mol. The quantitative estimate of drug-likeness (QED) is 0.595. The topological polar surface area (TPSA) is 85.8 Å². The molecule has 2 heterocycles. The Bertz CT molecular complexity index is 1130. The third-order valence-electron chi connectivity index (χ3n) is 4.58. The van der Waals surface area contributed by atoms with Crippen molar-refractivity contribution < 1.29 is 9.18 Å². The standard InChI is InChI=1S/C20H17ClFN5OS/c1-11-16(18(23)28)17(12-6-4-7-14(22)9-12)27-19(24-11)25-20(26-27)29-10-13-5-2-3-8-15(13)21/h2-9,17H,10H2,1H3,(H2,23,28)(H,24,25,26)/t17-/m0/s1. The van der Waals surface area contributed by atoms with Crippen LogP contribution in [0.2, 0.25) is 5.02 Å². The van der Waals surface area contributed by atoms with Gasteiger partial charge in [0.25, 0.3) is 0 Å². The van der Waals surface area contributed by atoms with Gasteiger partial charge in [0.15, 0.2) is 0 Å². The lowest BCUT2D eigenvalue weighted by molar-refractivity contribution is -0.115. The number of amides is 1. The fourth-order valence-corrected chi connectivity index (χ4v) is 4.37. The zero-order valence-electron chi connectivity index (χ0n) is 15.4. The molecule has 1 amide bonds. The lowest BCUT2D eigenvalue weighted by Gasteiger charge is -2.27. The molecule has 4 rings (SSSR count). The number of carbonyl (C=O) groups is 1. The van der Waals surface area contributed by atoms with Crippen molar-refractivity contribution in [3.05, 3.63) is 81.8 Å². The Morgan fingerprint density at radius 2 is 2.10 bits per heavy atom. The fourth-order valence-electron chi connectivity index (χ4n) is 3.25. The molecule has 2 aromatic carbocycles. The number of halogens is 2. The smallest absolute Gasteiger partial charge is 0.248 e. The Labute approximate surface area is 176 Å². The summed E-state index contributed by atoms with van der Waals surface area (Å²) in [5.41, 5.74) is 8.04. The molecule has 0 aliphatic carbocycles. The summed E-state index contributed by atoms with van der Waals surface area (Å²) in [6.07, 6.45) is 0. The Morgan fingerprint density at radius 1 is 1.31 bits per heavy atom. The van der Waals surface area contributed by atoms with Crippen LogP contribution >= 0.6 is 23.4 Å². The molecular formula is C20H17ClFN5OS. The average Bonchev–Trinajstić information content (AvgIpc) is 3.08. The van der Waals surface area contributed by atoms with E-state index in [-0.39, 0.29) is 0 Å². The molecule has 29 heavy (non-hydrogen) atoms. The number of anilines is 1. The monoisotopic (exact) mass is 429 g/mol. The summed E-state index contributed by atoms with van der Waals surface area (Å²) in [6.45, 7) is 1.74. The first-order valence-corrected chi connectivity index (χ1v) is 10.2. The first kappa shape index (κ1) is 19.5. The fraction of sp³-hybridized carbons (Fsp3) is 0.150. The van der Waals surface area contributed by atoms with E-state index in [9.17, 15) is 9.18 Å². The number of fused-ring (bicyclic) bond motifs is 1. The van der Waals surface area contributed by atoms with Crippen LogP contribution in [0.4, 0.5) is 10.3 Å². The second-order valence-corrected chi connectivity index (χ2v) is 7.88. The molecular weight excluding hydrogens is 413 g/mol. The van der Waals surface area contributed by atoms with Crippen molar-refractivity contribution in [3.63, 3.8) is 0 Å². The van der Waals surface area contributed by atoms with Crippen LogP contribution in [0, 0.1) is 5.82 Å². The number of hydrogen-bond acceptors (Lipinski definition) is 5. The molecule has 0 bridgehead atoms. The number of allylic oxidation sites excluding steroid dienone is 1. The number of nitrogens with zero attached hydrogens (tertiary/aromatic N) is 3. The normalized spacial score (nSPS) is 15.8. The maximum absolute atomic E-state index is 13.9. The van der Waals surface area contributed by atoms with Crippen LogP contribution < -0.4 is 11.1 Å². The van der Waals surface area contributed by atoms with Gasteiger partial charge in [0.2, 0.25) is 17.0 Å². The van der Waals surface area contributed by atoms with Crippen LogP contribution in [0.25, 0.3) is 0 Å². The molecule has 3 N–H and O–H groups in total. The summed E-state index contributed by atoms with van der Waals surface area (Å²) in [7, 11) is 0. The highest BCUT2D eigenvalue weighted by atomic mass is 35.5. The lowest BCUT2D eigenvalue weighted by atomic mass is 9.95. The first-order valence-electron chi connectivity index (χ1n) is 8.80. The van der Waals surface area contributed by atoms with Crippen molar-refractivity contribution in [2.75, 3.05) is 5.32 Å². The number of thioether (sulfide) groups is 1. The van der Waals surface area contributed by atoms with Gasteiger partial charge in [-0.3, -0.25) is 4.79 Å². The summed E-state index contributed by atoms with van der Waals surface area (Å²) >= 11 is 7.63. The second-order valence-electron chi connectivity index (χ2n) is 6.53. The van der Waals surface area contributed by atoms with Crippen molar-refractivity contribution in [1.82, 2.24) is 14.8 Å². The van der Waals surface area contributed by atoms with Crippen LogP contribution in [0.1, 0.15) is 24.1 Å². The summed E-state index contributed by atoms with van der Waals surface area (Å²) in [5.74, 6) is 0.0413. The van der Waals surface area contributed by atoms with Gasteiger partial charge < -0.3 is 11.1 Å². The number of nitrogens with two attached hydrogens (primary N) is 1. The predicted octanol–water partition coefficient (Wildman–Crippen LogP) is 4.14. The highest BCUT2D eigenvalue weighted by Gasteiger charge is 2.33. The van der Waals surface area contributed by atoms with Gasteiger partial charge in [-0.1, -0.05) is 53.7 Å². The summed E-state index contributed by atoms with van der Waals surface area (Å²) in [5, 5.41) is 8.80. The van der Waals surface area contributed by atoms with Gasteiger partial charge in [0.05, 0.1) is 5.57 Å². The number of hydrogen-bond donors (Lipinski definition) is 2. The number of nitrogens with one attached hydrogen (secondary N) is 1. The van der Waals surface area contributed by atoms with Crippen LogP contribution in [0.5, 0.6) is 0 Å². The number of aromatic nitrogens is 3. The van der Waals surface area contributed by atoms with E-state index in [1.54, 1.807) is 23.7 Å². The van der Waals surface area contributed by atoms with Gasteiger partial charge >= 0.3 is 0 Å². The van der Waals surface area contributed by atoms with Crippen molar-refractivity contribution in [2.24, 2.45) is 5.73 Å². The lowest BCUT2D eigenvalue weighted by Crippen LogP contribution is -2.31. The maximum atomic E-state index is 13.9. The highest BCUT2D eigenvalue weighted by molar-refractivity contribution is 7.98. The molecule has 1 aromatic heterocycles. The van der Waals surface area contributed by atoms with Gasteiger partial charge in [0, 0.05) is 16.5 Å². The maximum Gasteiger partial charge on any atom is 0.248 e. The molecule has 0 radical (unpaired) electrons. The molecule has 1 atom stereocenters. The molecule has 0 saturated carbocycles. The largest absolute Gasteiger partial charge is 0.366 e. The second kappa shape index (κ2) is 7.88. The molecule has 1 aliphatic rings. The zero-order chi connectivity index (χ0) is 20.5. The van der Waals surface area contributed by atoms with Gasteiger partial charge in [-0.25, -0.2) is 9.07 Å². The minimum absolute atomic E-state index is 0.315. The molecule has 6 nitrogen and oxygen atoms in total. The Kier molecular flexibility index (Phi) is 5.29. The minimum Gasteiger partial charge on any atom is -0.366 e. The molecule has 3 aromatic rings. The Balaban J connectivity index is 1.70. The van der Waals surface area contributed by atoms with Crippen LogP contribution in [-0.2, 0) is 10.5 Å². The van der Waals surface area contributed by atoms with Gasteiger partial charge in [0.1, 0.15) is 11.9 Å². The van der Waals surface area contributed by atoms with E-state index < -0.39 is 17.8 Å². The molecule has 9 heteroatoms. The molecule has 0 unspecified atom stereocenters. The van der Waals surface area contributed by atoms with Crippen LogP contribution in [0.15, 0.2) is 65.0 Å². The van der Waals surface area contributed by atoms with E-state index in [0.717, 1.165) is 5.56 Å². The van der Waals surface area contributed by atoms with Crippen LogP contribution in [0.3, 0.4) is 0 Å². The van der Waals surface area contributed by atoms with E-state index in [2.05, 4.69) is 15.4 Å². The van der Waals surface area contributed by atoms with Gasteiger partial charge in [-0.2, -0.15) is 4.98 Å². The molecule has 1 aliphatic heterocycles. The third-order valence-corrected chi connectivity index (χ3v) is 5.83. The molecule has 148 valence electrons. The van der Waals surface area contributed by atoms with E-state index in [0.29, 0.717) is 38.7 Å². The van der Waals surface area contributed by atoms with E-state index in [4.69, 9.17) is 17.3 Å². The number of primary amides is 1. The van der Waals surface area contributed by atoms with E-state index in [1.165, 1.54) is 23.9 Å². The number of rotatable bonds is 5.